The summed E-state index contributed by atoms with van der Waals surface area (Å²) in [5.41, 5.74) is 3.92. The molecule has 0 heterocycles. The first-order chi connectivity index (χ1) is 12.2. The summed E-state index contributed by atoms with van der Waals surface area (Å²) < 4.78 is 4.82. The van der Waals surface area contributed by atoms with E-state index in [9.17, 15) is 9.59 Å². The molecule has 1 aliphatic rings. The van der Waals surface area contributed by atoms with Crippen LogP contribution in [0.5, 0.6) is 0 Å². The fourth-order valence-corrected chi connectivity index (χ4v) is 2.57. The van der Waals surface area contributed by atoms with Crippen LogP contribution in [0.15, 0.2) is 45.6 Å². The van der Waals surface area contributed by atoms with Gasteiger partial charge in [0.05, 0.1) is 28.7 Å². The van der Waals surface area contributed by atoms with E-state index >= 15 is 0 Å². The van der Waals surface area contributed by atoms with Gasteiger partial charge in [-0.05, 0) is 56.2 Å². The number of halogens is 1. The van der Waals surface area contributed by atoms with Crippen molar-refractivity contribution < 1.29 is 14.3 Å². The number of aliphatic imine (C=N–C) groups is 1. The predicted molar refractivity (Wildman–Crippen MR) is 104 cm³/mol. The fourth-order valence-electron chi connectivity index (χ4n) is 2.37. The van der Waals surface area contributed by atoms with E-state index in [2.05, 4.69) is 10.3 Å². The molecule has 1 aromatic rings. The molecule has 0 unspecified atom stereocenters. The maximum atomic E-state index is 12.3. The molecule has 6 nitrogen and oxygen atoms in total. The molecule has 138 valence electrons. The highest BCUT2D eigenvalue weighted by molar-refractivity contribution is 6.49. The van der Waals surface area contributed by atoms with Gasteiger partial charge in [0.25, 0.3) is 0 Å². The van der Waals surface area contributed by atoms with Crippen molar-refractivity contribution >= 4 is 40.6 Å². The lowest BCUT2D eigenvalue weighted by Crippen LogP contribution is -2.31. The molecule has 0 bridgehead atoms. The Morgan fingerprint density at radius 3 is 2.58 bits per heavy atom. The summed E-state index contributed by atoms with van der Waals surface area (Å²) in [6.45, 7) is 5.57. The summed E-state index contributed by atoms with van der Waals surface area (Å²) in [6, 6.07) is 5.89. The number of aryl methyl sites for hydroxylation is 1. The molecule has 0 saturated carbocycles. The summed E-state index contributed by atoms with van der Waals surface area (Å²) in [5.74, 6) is -0.462. The smallest absolute Gasteiger partial charge is 0.411 e. The van der Waals surface area contributed by atoms with Crippen LogP contribution < -0.4 is 10.2 Å². The van der Waals surface area contributed by atoms with Crippen LogP contribution in [0.2, 0.25) is 0 Å². The molecule has 1 N–H and O–H groups in total. The highest BCUT2D eigenvalue weighted by Crippen LogP contribution is 2.28. The molecular weight excluding hydrogens is 354 g/mol. The summed E-state index contributed by atoms with van der Waals surface area (Å²) >= 11 is 6.15. The quantitative estimate of drug-likeness (QED) is 0.811. The number of alkyl carbamates (subject to hydrolysis) is 1. The van der Waals surface area contributed by atoms with E-state index in [1.165, 1.54) is 6.08 Å². The zero-order chi connectivity index (χ0) is 19.4. The van der Waals surface area contributed by atoms with Crippen LogP contribution in [0.25, 0.3) is 0 Å². The first kappa shape index (κ1) is 19.7. The van der Waals surface area contributed by atoms with Crippen molar-refractivity contribution in [1.29, 1.82) is 0 Å². The number of Topliss-reactive ketones (excluding diaryl/α,β-unsaturated/α-hetero) is 1. The Hall–Kier alpha value is -2.60. The highest BCUT2D eigenvalue weighted by Gasteiger charge is 2.25. The summed E-state index contributed by atoms with van der Waals surface area (Å²) in [4.78, 5) is 30.5. The number of benzene rings is 1. The largest absolute Gasteiger partial charge is 0.450 e. The van der Waals surface area contributed by atoms with Crippen molar-refractivity contribution in [3.8, 4) is 0 Å². The number of rotatable bonds is 4. The van der Waals surface area contributed by atoms with Gasteiger partial charge < -0.3 is 9.64 Å². The van der Waals surface area contributed by atoms with Crippen LogP contribution in [0.3, 0.4) is 0 Å². The first-order valence-corrected chi connectivity index (χ1v) is 8.56. The van der Waals surface area contributed by atoms with E-state index in [0.29, 0.717) is 11.3 Å². The zero-order valence-corrected chi connectivity index (χ0v) is 16.3. The Morgan fingerprint density at radius 2 is 2.00 bits per heavy atom. The zero-order valence-electron chi connectivity index (χ0n) is 15.5. The molecule has 0 saturated heterocycles. The summed E-state index contributed by atoms with van der Waals surface area (Å²) in [6.07, 6.45) is 0.807. The Bertz CT molecular complexity index is 838. The van der Waals surface area contributed by atoms with Gasteiger partial charge in [0.2, 0.25) is 5.78 Å². The standard InChI is InChI=1S/C19H22ClN3O3/c1-6-26-19(25)22-16-10-15(12(3)17(20)18(16)24)21-14-8-7-13(23(4)5)9-11(14)2/h7-10H,6H2,1-5H3,(H,22,25). The van der Waals surface area contributed by atoms with Gasteiger partial charge in [-0.25, -0.2) is 9.79 Å². The SMILES string of the molecule is CCOC(=O)NC1=CC(=Nc2ccc(N(C)C)cc2C)C(C)=C(Cl)C1=O. The number of carbonyl (C=O) groups excluding carboxylic acids is 2. The average Bonchev–Trinajstić information content (AvgIpc) is 2.58. The third-order valence-electron chi connectivity index (χ3n) is 3.89. The Balaban J connectivity index is 2.42. The van der Waals surface area contributed by atoms with Crippen molar-refractivity contribution in [2.45, 2.75) is 20.8 Å². The predicted octanol–water partition coefficient (Wildman–Crippen LogP) is 3.86. The number of ketones is 1. The molecule has 2 rings (SSSR count). The number of ether oxygens (including phenoxy) is 1. The maximum Gasteiger partial charge on any atom is 0.411 e. The first-order valence-electron chi connectivity index (χ1n) is 8.18. The summed E-state index contributed by atoms with van der Waals surface area (Å²) in [7, 11) is 3.94. The monoisotopic (exact) mass is 375 g/mol. The molecule has 26 heavy (non-hydrogen) atoms. The number of anilines is 1. The van der Waals surface area contributed by atoms with Gasteiger partial charge in [-0.15, -0.1) is 0 Å². The minimum Gasteiger partial charge on any atom is -0.450 e. The topological polar surface area (TPSA) is 71.0 Å². The minimum atomic E-state index is -0.706. The van der Waals surface area contributed by atoms with E-state index in [0.717, 1.165) is 16.9 Å². The number of hydrogen-bond donors (Lipinski definition) is 1. The minimum absolute atomic E-state index is 0.0283. The van der Waals surface area contributed by atoms with E-state index in [-0.39, 0.29) is 17.3 Å². The third-order valence-corrected chi connectivity index (χ3v) is 4.34. The van der Waals surface area contributed by atoms with Gasteiger partial charge >= 0.3 is 6.09 Å². The van der Waals surface area contributed by atoms with E-state index in [4.69, 9.17) is 16.3 Å². The number of nitrogens with zero attached hydrogens (tertiary/aromatic N) is 2. The van der Waals surface area contributed by atoms with Gasteiger partial charge in [-0.2, -0.15) is 0 Å². The van der Waals surface area contributed by atoms with E-state index in [1.54, 1.807) is 13.8 Å². The van der Waals surface area contributed by atoms with Crippen molar-refractivity contribution in [3.63, 3.8) is 0 Å². The number of nitrogens with one attached hydrogen (secondary N) is 1. The Morgan fingerprint density at radius 1 is 1.31 bits per heavy atom. The van der Waals surface area contributed by atoms with Crippen LogP contribution >= 0.6 is 11.6 Å². The van der Waals surface area contributed by atoms with Crippen LogP contribution in [-0.2, 0) is 9.53 Å². The molecule has 1 amide bonds. The molecule has 1 aromatic carbocycles. The van der Waals surface area contributed by atoms with Crippen LogP contribution in [-0.4, -0.2) is 38.3 Å². The Labute approximate surface area is 158 Å². The van der Waals surface area contributed by atoms with Gasteiger partial charge in [0, 0.05) is 19.8 Å². The lowest BCUT2D eigenvalue weighted by Gasteiger charge is -2.17. The van der Waals surface area contributed by atoms with Gasteiger partial charge in [0.15, 0.2) is 0 Å². The molecule has 0 atom stereocenters. The highest BCUT2D eigenvalue weighted by atomic mass is 35.5. The van der Waals surface area contributed by atoms with Gasteiger partial charge in [-0.3, -0.25) is 10.1 Å². The number of carbonyl (C=O) groups is 2. The second-order valence-electron chi connectivity index (χ2n) is 6.03. The van der Waals surface area contributed by atoms with E-state index < -0.39 is 11.9 Å². The second-order valence-corrected chi connectivity index (χ2v) is 6.41. The molecule has 1 aliphatic carbocycles. The van der Waals surface area contributed by atoms with Crippen molar-refractivity contribution in [2.75, 3.05) is 25.6 Å². The molecule has 0 aromatic heterocycles. The van der Waals surface area contributed by atoms with E-state index in [1.807, 2.05) is 44.1 Å². The molecule has 0 radical (unpaired) electrons. The normalized spacial score (nSPS) is 15.8. The number of hydrogen-bond acceptors (Lipinski definition) is 5. The molecular formula is C19H22ClN3O3. The number of amides is 1. The van der Waals surface area contributed by atoms with Crippen LogP contribution in [0.1, 0.15) is 19.4 Å². The van der Waals surface area contributed by atoms with Gasteiger partial charge in [-0.1, -0.05) is 11.6 Å². The van der Waals surface area contributed by atoms with Crippen molar-refractivity contribution in [1.82, 2.24) is 5.32 Å². The van der Waals surface area contributed by atoms with Crippen molar-refractivity contribution in [3.05, 3.63) is 46.1 Å². The lowest BCUT2D eigenvalue weighted by molar-refractivity contribution is -0.112. The summed E-state index contributed by atoms with van der Waals surface area (Å²) in [5, 5.41) is 2.45. The average molecular weight is 376 g/mol. The molecule has 0 aliphatic heterocycles. The third kappa shape index (κ3) is 4.32. The van der Waals surface area contributed by atoms with Crippen LogP contribution in [0.4, 0.5) is 16.2 Å². The lowest BCUT2D eigenvalue weighted by atomic mass is 10.0. The van der Waals surface area contributed by atoms with Crippen molar-refractivity contribution in [2.24, 2.45) is 4.99 Å². The van der Waals surface area contributed by atoms with Crippen LogP contribution in [0, 0.1) is 6.92 Å². The second kappa shape index (κ2) is 8.19. The fraction of sp³-hybridized carbons (Fsp3) is 0.316. The number of allylic oxidation sites excluding steroid dienone is 3. The molecule has 0 fully saturated rings. The molecule has 7 heteroatoms. The van der Waals surface area contributed by atoms with Gasteiger partial charge in [0.1, 0.15) is 0 Å². The maximum absolute atomic E-state index is 12.3. The Kier molecular flexibility index (Phi) is 6.21. The molecule has 0 spiro atoms.